The highest BCUT2D eigenvalue weighted by Crippen LogP contribution is 2.33. The molecule has 0 saturated carbocycles. The van der Waals surface area contributed by atoms with E-state index in [4.69, 9.17) is 15.2 Å². The summed E-state index contributed by atoms with van der Waals surface area (Å²) in [5, 5.41) is 4.23. The summed E-state index contributed by atoms with van der Waals surface area (Å²) in [6.45, 7) is 1.25. The van der Waals surface area contributed by atoms with Gasteiger partial charge in [-0.25, -0.2) is 0 Å². The molecular weight excluding hydrogens is 246 g/mol. The molecule has 0 bridgehead atoms. The number of hydrogen-bond donors (Lipinski definition) is 1. The van der Waals surface area contributed by atoms with E-state index < -0.39 is 0 Å². The fourth-order valence-electron chi connectivity index (χ4n) is 2.03. The molecule has 2 aromatic rings. The zero-order valence-corrected chi connectivity index (χ0v) is 10.8. The lowest BCUT2D eigenvalue weighted by atomic mass is 10.1. The predicted molar refractivity (Wildman–Crippen MR) is 72.4 cm³/mol. The summed E-state index contributed by atoms with van der Waals surface area (Å²) in [6, 6.07) is 8.00. The van der Waals surface area contributed by atoms with Crippen LogP contribution in [0.15, 0.2) is 35.0 Å². The molecule has 94 valence electrons. The Hall–Kier alpha value is -1.52. The van der Waals surface area contributed by atoms with E-state index in [0.717, 1.165) is 23.5 Å². The second-order valence-electron chi connectivity index (χ2n) is 4.35. The Morgan fingerprint density at radius 1 is 1.39 bits per heavy atom. The molecule has 0 amide bonds. The van der Waals surface area contributed by atoms with Crippen LogP contribution in [0, 0.1) is 0 Å². The molecule has 1 aromatic heterocycles. The van der Waals surface area contributed by atoms with Crippen molar-refractivity contribution in [3.8, 4) is 11.5 Å². The maximum Gasteiger partial charge on any atom is 0.127 e. The zero-order chi connectivity index (χ0) is 12.4. The molecule has 0 radical (unpaired) electrons. The van der Waals surface area contributed by atoms with Crippen LogP contribution in [-0.4, -0.2) is 13.2 Å². The van der Waals surface area contributed by atoms with Gasteiger partial charge in [-0.3, -0.25) is 0 Å². The Balaban J connectivity index is 1.60. The molecule has 2 N–H and O–H groups in total. The van der Waals surface area contributed by atoms with Crippen molar-refractivity contribution in [2.45, 2.75) is 12.5 Å². The SMILES string of the molecule is NC1COc2cc(OCCc3ccsc3)ccc21. The van der Waals surface area contributed by atoms with E-state index in [-0.39, 0.29) is 6.04 Å². The van der Waals surface area contributed by atoms with E-state index in [1.807, 2.05) is 18.2 Å². The Bertz CT molecular complexity index is 525. The van der Waals surface area contributed by atoms with Crippen LogP contribution in [0.3, 0.4) is 0 Å². The highest BCUT2D eigenvalue weighted by molar-refractivity contribution is 7.07. The van der Waals surface area contributed by atoms with Crippen molar-refractivity contribution in [2.24, 2.45) is 5.73 Å². The van der Waals surface area contributed by atoms with Gasteiger partial charge in [0.25, 0.3) is 0 Å². The van der Waals surface area contributed by atoms with Gasteiger partial charge in [0.1, 0.15) is 18.1 Å². The molecule has 1 atom stereocenters. The molecule has 1 aliphatic rings. The van der Waals surface area contributed by atoms with Crippen molar-refractivity contribution in [1.29, 1.82) is 0 Å². The molecule has 1 unspecified atom stereocenters. The Kier molecular flexibility index (Phi) is 3.21. The lowest BCUT2D eigenvalue weighted by Gasteiger charge is -2.07. The molecule has 2 heterocycles. The van der Waals surface area contributed by atoms with Crippen molar-refractivity contribution in [3.05, 3.63) is 46.2 Å². The summed E-state index contributed by atoms with van der Waals surface area (Å²) in [5.74, 6) is 1.70. The number of rotatable bonds is 4. The number of fused-ring (bicyclic) bond motifs is 1. The van der Waals surface area contributed by atoms with Gasteiger partial charge >= 0.3 is 0 Å². The third-order valence-electron chi connectivity index (χ3n) is 3.04. The molecule has 0 saturated heterocycles. The molecule has 18 heavy (non-hydrogen) atoms. The van der Waals surface area contributed by atoms with E-state index in [2.05, 4.69) is 16.8 Å². The minimum atomic E-state index is -0.000133. The van der Waals surface area contributed by atoms with Crippen LogP contribution < -0.4 is 15.2 Å². The van der Waals surface area contributed by atoms with E-state index in [1.54, 1.807) is 11.3 Å². The zero-order valence-electron chi connectivity index (χ0n) is 9.96. The van der Waals surface area contributed by atoms with Gasteiger partial charge in [0.15, 0.2) is 0 Å². The van der Waals surface area contributed by atoms with Gasteiger partial charge < -0.3 is 15.2 Å². The van der Waals surface area contributed by atoms with Gasteiger partial charge in [-0.2, -0.15) is 11.3 Å². The number of hydrogen-bond acceptors (Lipinski definition) is 4. The van der Waals surface area contributed by atoms with E-state index >= 15 is 0 Å². The summed E-state index contributed by atoms with van der Waals surface area (Å²) in [4.78, 5) is 0. The lowest BCUT2D eigenvalue weighted by molar-refractivity contribution is 0.313. The first-order valence-electron chi connectivity index (χ1n) is 5.99. The predicted octanol–water partition coefficient (Wildman–Crippen LogP) is 2.76. The maximum atomic E-state index is 5.90. The summed E-state index contributed by atoms with van der Waals surface area (Å²) in [6.07, 6.45) is 0.932. The lowest BCUT2D eigenvalue weighted by Crippen LogP contribution is -2.10. The number of nitrogens with two attached hydrogens (primary N) is 1. The molecule has 1 aliphatic heterocycles. The third-order valence-corrected chi connectivity index (χ3v) is 3.77. The number of thiophene rings is 1. The van der Waals surface area contributed by atoms with Crippen LogP contribution in [0.4, 0.5) is 0 Å². The van der Waals surface area contributed by atoms with E-state index in [0.29, 0.717) is 13.2 Å². The van der Waals surface area contributed by atoms with Crippen LogP contribution >= 0.6 is 11.3 Å². The molecule has 1 aromatic carbocycles. The smallest absolute Gasteiger partial charge is 0.127 e. The van der Waals surface area contributed by atoms with Gasteiger partial charge in [-0.1, -0.05) is 0 Å². The fourth-order valence-corrected chi connectivity index (χ4v) is 2.73. The van der Waals surface area contributed by atoms with Crippen LogP contribution in [0.25, 0.3) is 0 Å². The molecule has 3 nitrogen and oxygen atoms in total. The largest absolute Gasteiger partial charge is 0.493 e. The van der Waals surface area contributed by atoms with Crippen LogP contribution in [0.5, 0.6) is 11.5 Å². The van der Waals surface area contributed by atoms with E-state index in [9.17, 15) is 0 Å². The van der Waals surface area contributed by atoms with Crippen molar-refractivity contribution in [1.82, 2.24) is 0 Å². The fraction of sp³-hybridized carbons (Fsp3) is 0.286. The standard InChI is InChI=1S/C14H15NO2S/c15-13-8-17-14-7-11(1-2-12(13)14)16-5-3-10-4-6-18-9-10/h1-2,4,6-7,9,13H,3,5,8,15H2. The van der Waals surface area contributed by atoms with Gasteiger partial charge in [0.2, 0.25) is 0 Å². The first-order valence-corrected chi connectivity index (χ1v) is 6.93. The summed E-state index contributed by atoms with van der Waals surface area (Å²) < 4.78 is 11.2. The first kappa shape index (κ1) is 11.6. The van der Waals surface area contributed by atoms with E-state index in [1.165, 1.54) is 5.56 Å². The Morgan fingerprint density at radius 3 is 3.17 bits per heavy atom. The minimum absolute atomic E-state index is 0.000133. The summed E-state index contributed by atoms with van der Waals surface area (Å²) >= 11 is 1.71. The number of benzene rings is 1. The normalized spacial score (nSPS) is 17.3. The molecule has 4 heteroatoms. The average Bonchev–Trinajstić information content (AvgIpc) is 3.00. The van der Waals surface area contributed by atoms with Crippen LogP contribution in [-0.2, 0) is 6.42 Å². The average molecular weight is 261 g/mol. The van der Waals surface area contributed by atoms with Crippen molar-refractivity contribution in [2.75, 3.05) is 13.2 Å². The van der Waals surface area contributed by atoms with Crippen molar-refractivity contribution in [3.63, 3.8) is 0 Å². The van der Waals surface area contributed by atoms with Crippen molar-refractivity contribution < 1.29 is 9.47 Å². The second kappa shape index (κ2) is 5.00. The highest BCUT2D eigenvalue weighted by Gasteiger charge is 2.20. The quantitative estimate of drug-likeness (QED) is 0.920. The Labute approximate surface area is 110 Å². The number of ether oxygens (including phenoxy) is 2. The third kappa shape index (κ3) is 2.35. The van der Waals surface area contributed by atoms with Crippen LogP contribution in [0.2, 0.25) is 0 Å². The second-order valence-corrected chi connectivity index (χ2v) is 5.13. The molecule has 0 spiro atoms. The molecule has 0 fully saturated rings. The highest BCUT2D eigenvalue weighted by atomic mass is 32.1. The monoisotopic (exact) mass is 261 g/mol. The summed E-state index contributed by atoms with van der Waals surface area (Å²) in [5.41, 5.74) is 8.28. The van der Waals surface area contributed by atoms with Gasteiger partial charge in [0, 0.05) is 18.1 Å². The van der Waals surface area contributed by atoms with Crippen LogP contribution in [0.1, 0.15) is 17.2 Å². The van der Waals surface area contributed by atoms with Gasteiger partial charge in [-0.15, -0.1) is 0 Å². The first-order chi connectivity index (χ1) is 8.83. The van der Waals surface area contributed by atoms with Gasteiger partial charge in [-0.05, 0) is 34.5 Å². The molecule has 0 aliphatic carbocycles. The molecule has 3 rings (SSSR count). The Morgan fingerprint density at radius 2 is 2.33 bits per heavy atom. The molecular formula is C14H15NO2S. The van der Waals surface area contributed by atoms with Gasteiger partial charge in [0.05, 0.1) is 12.6 Å². The maximum absolute atomic E-state index is 5.90. The minimum Gasteiger partial charge on any atom is -0.493 e. The summed E-state index contributed by atoms with van der Waals surface area (Å²) in [7, 11) is 0. The topological polar surface area (TPSA) is 44.5 Å². The van der Waals surface area contributed by atoms with Crippen molar-refractivity contribution >= 4 is 11.3 Å².